The molecule has 4 heterocycles. The number of carbonyl (C=O) groups excluding carboxylic acids is 1. The molecule has 0 unspecified atom stereocenters. The number of nitrogens with zero attached hydrogens (tertiary/aromatic N) is 5. The van der Waals surface area contributed by atoms with Crippen LogP contribution in [0.3, 0.4) is 0 Å². The van der Waals surface area contributed by atoms with Crippen molar-refractivity contribution in [3.8, 4) is 0 Å². The Morgan fingerprint density at radius 2 is 2.00 bits per heavy atom. The summed E-state index contributed by atoms with van der Waals surface area (Å²) in [4.78, 5) is 40.3. The van der Waals surface area contributed by atoms with Crippen molar-refractivity contribution >= 4 is 49.3 Å². The van der Waals surface area contributed by atoms with Crippen molar-refractivity contribution < 1.29 is 4.79 Å². The lowest BCUT2D eigenvalue weighted by molar-refractivity contribution is 0.0950. The van der Waals surface area contributed by atoms with Crippen LogP contribution in [-0.2, 0) is 0 Å². The molecule has 1 aliphatic rings. The molecule has 0 spiro atoms. The van der Waals surface area contributed by atoms with E-state index in [4.69, 9.17) is 0 Å². The van der Waals surface area contributed by atoms with E-state index in [9.17, 15) is 9.59 Å². The van der Waals surface area contributed by atoms with Gasteiger partial charge in [-0.3, -0.25) is 14.0 Å². The maximum absolute atomic E-state index is 13.4. The lowest BCUT2D eigenvalue weighted by Crippen LogP contribution is -2.35. The fourth-order valence-electron chi connectivity index (χ4n) is 4.12. The molecule has 3 aromatic heterocycles. The Hall–Kier alpha value is -3.04. The summed E-state index contributed by atoms with van der Waals surface area (Å²) < 4.78 is 2.91. The van der Waals surface area contributed by atoms with Crippen molar-refractivity contribution in [1.29, 1.82) is 0 Å². The summed E-state index contributed by atoms with van der Waals surface area (Å²) in [7, 11) is 3.71. The zero-order chi connectivity index (χ0) is 21.5. The van der Waals surface area contributed by atoms with E-state index in [1.165, 1.54) is 30.4 Å². The largest absolute Gasteiger partial charge is 0.351 e. The minimum atomic E-state index is -0.341. The summed E-state index contributed by atoms with van der Waals surface area (Å²) in [5.41, 5.74) is 1.27. The fraction of sp³-hybridized carbons (Fsp3) is 0.364. The average molecular weight is 437 g/mol. The van der Waals surface area contributed by atoms with E-state index < -0.39 is 0 Å². The van der Waals surface area contributed by atoms with Gasteiger partial charge in [0, 0.05) is 33.4 Å². The molecular formula is C22H24N6O2S. The molecule has 4 aromatic rings. The zero-order valence-electron chi connectivity index (χ0n) is 17.6. The van der Waals surface area contributed by atoms with Crippen molar-refractivity contribution in [2.45, 2.75) is 12.8 Å². The molecule has 31 heavy (non-hydrogen) atoms. The van der Waals surface area contributed by atoms with E-state index in [-0.39, 0.29) is 16.9 Å². The van der Waals surface area contributed by atoms with Crippen molar-refractivity contribution in [1.82, 2.24) is 24.6 Å². The number of nitrogens with one attached hydrogen (secondary N) is 1. The Labute approximate surface area is 183 Å². The summed E-state index contributed by atoms with van der Waals surface area (Å²) in [6, 6.07) is 7.87. The highest BCUT2D eigenvalue weighted by Gasteiger charge is 2.23. The molecule has 0 bridgehead atoms. The van der Waals surface area contributed by atoms with Gasteiger partial charge in [0.1, 0.15) is 10.4 Å². The summed E-state index contributed by atoms with van der Waals surface area (Å²) in [5, 5.41) is 3.31. The third-order valence-electron chi connectivity index (χ3n) is 5.71. The van der Waals surface area contributed by atoms with Crippen LogP contribution in [0.25, 0.3) is 26.1 Å². The highest BCUT2D eigenvalue weighted by Crippen LogP contribution is 2.30. The molecule has 1 amide bonds. The van der Waals surface area contributed by atoms with E-state index in [0.29, 0.717) is 28.4 Å². The number of carbonyl (C=O) groups is 1. The second-order valence-electron chi connectivity index (χ2n) is 8.02. The first-order valence-corrected chi connectivity index (χ1v) is 11.3. The van der Waals surface area contributed by atoms with Gasteiger partial charge in [0.05, 0.1) is 15.6 Å². The number of thiazole rings is 1. The number of benzene rings is 1. The van der Waals surface area contributed by atoms with Crippen molar-refractivity contribution in [3.05, 3.63) is 46.2 Å². The van der Waals surface area contributed by atoms with Gasteiger partial charge in [-0.25, -0.2) is 4.98 Å². The van der Waals surface area contributed by atoms with Crippen LogP contribution in [0.5, 0.6) is 0 Å². The SMILES string of the molecule is CN(C)c1ncc2c(=O)c(C(=O)NCCN3CCCC3)c3sc4ccccc4n3c2n1. The van der Waals surface area contributed by atoms with Gasteiger partial charge in [0.15, 0.2) is 5.65 Å². The van der Waals surface area contributed by atoms with Crippen LogP contribution in [-0.4, -0.2) is 65.5 Å². The first-order chi connectivity index (χ1) is 15.0. The van der Waals surface area contributed by atoms with Crippen LogP contribution < -0.4 is 15.6 Å². The third-order valence-corrected chi connectivity index (χ3v) is 6.85. The summed E-state index contributed by atoms with van der Waals surface area (Å²) >= 11 is 1.44. The minimum Gasteiger partial charge on any atom is -0.351 e. The van der Waals surface area contributed by atoms with E-state index in [2.05, 4.69) is 20.2 Å². The normalized spacial score (nSPS) is 14.6. The molecule has 0 saturated carbocycles. The van der Waals surface area contributed by atoms with Crippen molar-refractivity contribution in [3.63, 3.8) is 0 Å². The molecule has 0 atom stereocenters. The molecule has 1 N–H and O–H groups in total. The number of anilines is 1. The van der Waals surface area contributed by atoms with E-state index in [1.54, 1.807) is 4.90 Å². The quantitative estimate of drug-likeness (QED) is 0.517. The molecule has 1 saturated heterocycles. The Balaban J connectivity index is 1.66. The number of rotatable bonds is 5. The van der Waals surface area contributed by atoms with Crippen LogP contribution in [0.15, 0.2) is 35.3 Å². The van der Waals surface area contributed by atoms with E-state index in [1.807, 2.05) is 42.8 Å². The Bertz CT molecular complexity index is 1350. The van der Waals surface area contributed by atoms with Crippen molar-refractivity contribution in [2.24, 2.45) is 0 Å². The van der Waals surface area contributed by atoms with Gasteiger partial charge in [-0.15, -0.1) is 11.3 Å². The second-order valence-corrected chi connectivity index (χ2v) is 9.05. The molecule has 0 aliphatic carbocycles. The summed E-state index contributed by atoms with van der Waals surface area (Å²) in [6.07, 6.45) is 3.94. The van der Waals surface area contributed by atoms with E-state index in [0.717, 1.165) is 29.9 Å². The van der Waals surface area contributed by atoms with Crippen LogP contribution in [0.4, 0.5) is 5.95 Å². The molecule has 9 heteroatoms. The van der Waals surface area contributed by atoms with Crippen LogP contribution in [0.1, 0.15) is 23.2 Å². The Morgan fingerprint density at radius 1 is 1.23 bits per heavy atom. The van der Waals surface area contributed by atoms with Gasteiger partial charge in [0.25, 0.3) is 5.91 Å². The molecular weight excluding hydrogens is 412 g/mol. The molecule has 1 fully saturated rings. The Kier molecular flexibility index (Phi) is 5.07. The molecule has 1 aliphatic heterocycles. The number of aromatic nitrogens is 3. The van der Waals surface area contributed by atoms with Crippen LogP contribution >= 0.6 is 11.3 Å². The minimum absolute atomic E-state index is 0.163. The number of fused-ring (bicyclic) bond motifs is 5. The standard InChI is InChI=1S/C22H24N6O2S/c1-26(2)22-24-13-14-18(29)17(20(30)23-9-12-27-10-5-6-11-27)21-28(19(14)25-22)15-7-3-4-8-16(15)31-21/h3-4,7-8,13H,5-6,9-12H2,1-2H3,(H,23,30). The lowest BCUT2D eigenvalue weighted by atomic mass is 10.2. The first-order valence-electron chi connectivity index (χ1n) is 10.5. The maximum atomic E-state index is 13.4. The van der Waals surface area contributed by atoms with Gasteiger partial charge >= 0.3 is 0 Å². The number of amides is 1. The molecule has 8 nitrogen and oxygen atoms in total. The molecule has 1 aromatic carbocycles. The number of hydrogen-bond donors (Lipinski definition) is 1. The lowest BCUT2D eigenvalue weighted by Gasteiger charge is -2.15. The second kappa shape index (κ2) is 7.90. The highest BCUT2D eigenvalue weighted by molar-refractivity contribution is 7.24. The monoisotopic (exact) mass is 436 g/mol. The predicted octanol–water partition coefficient (Wildman–Crippen LogP) is 2.35. The van der Waals surface area contributed by atoms with Gasteiger partial charge in [-0.05, 0) is 38.1 Å². The molecule has 160 valence electrons. The van der Waals surface area contributed by atoms with Gasteiger partial charge in [-0.1, -0.05) is 12.1 Å². The molecule has 0 radical (unpaired) electrons. The summed E-state index contributed by atoms with van der Waals surface area (Å²) in [6.45, 7) is 3.45. The van der Waals surface area contributed by atoms with Crippen molar-refractivity contribution in [2.75, 3.05) is 45.2 Å². The van der Waals surface area contributed by atoms with Crippen LogP contribution in [0, 0.1) is 0 Å². The van der Waals surface area contributed by atoms with Gasteiger partial charge in [0.2, 0.25) is 11.4 Å². The topological polar surface area (TPSA) is 82.8 Å². The summed E-state index contributed by atoms with van der Waals surface area (Å²) in [5.74, 6) is 0.172. The number of hydrogen-bond acceptors (Lipinski definition) is 7. The first kappa shape index (κ1) is 19.9. The number of pyridine rings is 1. The Morgan fingerprint density at radius 3 is 2.77 bits per heavy atom. The number of likely N-dealkylation sites (tertiary alicyclic amines) is 1. The third kappa shape index (κ3) is 3.43. The zero-order valence-corrected chi connectivity index (χ0v) is 18.4. The average Bonchev–Trinajstić information content (AvgIpc) is 3.41. The van der Waals surface area contributed by atoms with Gasteiger partial charge in [-0.2, -0.15) is 4.98 Å². The predicted molar refractivity (Wildman–Crippen MR) is 124 cm³/mol. The van der Waals surface area contributed by atoms with E-state index >= 15 is 0 Å². The number of para-hydroxylation sites is 1. The fourth-order valence-corrected chi connectivity index (χ4v) is 5.31. The smallest absolute Gasteiger partial charge is 0.258 e. The highest BCUT2D eigenvalue weighted by atomic mass is 32.1. The van der Waals surface area contributed by atoms with Crippen LogP contribution in [0.2, 0.25) is 0 Å². The molecule has 5 rings (SSSR count). The van der Waals surface area contributed by atoms with Gasteiger partial charge < -0.3 is 15.1 Å². The maximum Gasteiger partial charge on any atom is 0.258 e.